The van der Waals surface area contributed by atoms with Gasteiger partial charge in [-0.15, -0.1) is 0 Å². The number of esters is 1. The second kappa shape index (κ2) is 11.0. The minimum atomic E-state index is -4.46. The van der Waals surface area contributed by atoms with Gasteiger partial charge in [0, 0.05) is 29.9 Å². The minimum absolute atomic E-state index is 0.0446. The van der Waals surface area contributed by atoms with Crippen molar-refractivity contribution < 1.29 is 37.0 Å². The predicted octanol–water partition coefficient (Wildman–Crippen LogP) is 5.71. The highest BCUT2D eigenvalue weighted by Crippen LogP contribution is 2.37. The minimum Gasteiger partial charge on any atom is -0.496 e. The van der Waals surface area contributed by atoms with E-state index in [1.54, 1.807) is 56.2 Å². The number of ketones is 1. The first-order valence-electron chi connectivity index (χ1n) is 12.5. The molecular weight excluding hydrogens is 529 g/mol. The molecule has 4 aromatic rings. The molecule has 1 aromatic carbocycles. The molecule has 3 heterocycles. The van der Waals surface area contributed by atoms with Crippen LogP contribution in [0.25, 0.3) is 28.0 Å². The Balaban J connectivity index is 1.68. The van der Waals surface area contributed by atoms with Crippen LogP contribution in [-0.4, -0.2) is 57.9 Å². The van der Waals surface area contributed by atoms with Crippen LogP contribution in [0.3, 0.4) is 0 Å². The van der Waals surface area contributed by atoms with Crippen molar-refractivity contribution >= 4 is 17.4 Å². The molecule has 9 nitrogen and oxygen atoms in total. The average molecular weight is 559 g/mol. The summed E-state index contributed by atoms with van der Waals surface area (Å²) in [7, 11) is 2.67. The quantitative estimate of drug-likeness (QED) is 0.182. The molecule has 0 bridgehead atoms. The number of imidazole rings is 1. The Morgan fingerprint density at radius 1 is 0.975 bits per heavy atom. The maximum Gasteiger partial charge on any atom is 0.389 e. The van der Waals surface area contributed by atoms with Gasteiger partial charge in [0.25, 0.3) is 0 Å². The second-order valence-corrected chi connectivity index (χ2v) is 9.53. The molecular formula is C28H29F3N4O5. The molecule has 0 unspecified atom stereocenters. The van der Waals surface area contributed by atoms with Crippen LogP contribution in [0.15, 0.2) is 49.1 Å². The molecule has 4 rings (SSSR count). The van der Waals surface area contributed by atoms with Crippen molar-refractivity contribution in [3.63, 3.8) is 0 Å². The van der Waals surface area contributed by atoms with Gasteiger partial charge in [0.2, 0.25) is 0 Å². The van der Waals surface area contributed by atoms with Gasteiger partial charge in [-0.2, -0.15) is 18.3 Å². The molecule has 0 saturated carbocycles. The molecule has 0 fully saturated rings. The van der Waals surface area contributed by atoms with Crippen molar-refractivity contribution in [2.24, 2.45) is 0 Å². The van der Waals surface area contributed by atoms with Gasteiger partial charge in [0.05, 0.1) is 45.3 Å². The Morgan fingerprint density at radius 2 is 1.65 bits per heavy atom. The van der Waals surface area contributed by atoms with Crippen molar-refractivity contribution in [1.29, 1.82) is 0 Å². The van der Waals surface area contributed by atoms with Crippen LogP contribution < -0.4 is 9.47 Å². The lowest BCUT2D eigenvalue weighted by Gasteiger charge is -2.22. The monoisotopic (exact) mass is 558 g/mol. The van der Waals surface area contributed by atoms with E-state index in [2.05, 4.69) is 10.1 Å². The SMILES string of the molecule is CCOC(=O)C(C)(C)n1cc(-c2ccn3c(-c4cc(OC)c(C(=O)CCC(F)(F)F)c(OC)c4)cnc3c2)cn1. The molecule has 0 aliphatic heterocycles. The fourth-order valence-corrected chi connectivity index (χ4v) is 4.27. The summed E-state index contributed by atoms with van der Waals surface area (Å²) in [4.78, 5) is 29.5. The van der Waals surface area contributed by atoms with Gasteiger partial charge in [0.15, 0.2) is 11.3 Å². The number of nitrogens with zero attached hydrogens (tertiary/aromatic N) is 4. The van der Waals surface area contributed by atoms with Crippen molar-refractivity contribution in [1.82, 2.24) is 19.2 Å². The Bertz CT molecular complexity index is 1530. The van der Waals surface area contributed by atoms with Crippen LogP contribution in [0.2, 0.25) is 0 Å². The summed E-state index contributed by atoms with van der Waals surface area (Å²) < 4.78 is 57.4. The average Bonchev–Trinajstić information content (AvgIpc) is 3.58. The number of rotatable bonds is 10. The van der Waals surface area contributed by atoms with Gasteiger partial charge in [-0.05, 0) is 50.6 Å². The summed E-state index contributed by atoms with van der Waals surface area (Å²) in [5, 5.41) is 4.36. The van der Waals surface area contributed by atoms with Crippen LogP contribution >= 0.6 is 0 Å². The number of hydrogen-bond acceptors (Lipinski definition) is 7. The van der Waals surface area contributed by atoms with Crippen LogP contribution in [0, 0.1) is 0 Å². The van der Waals surface area contributed by atoms with Crippen molar-refractivity contribution in [3.8, 4) is 33.9 Å². The lowest BCUT2D eigenvalue weighted by molar-refractivity contribution is -0.152. The van der Waals surface area contributed by atoms with Gasteiger partial charge in [-0.1, -0.05) is 0 Å². The maximum absolute atomic E-state index is 12.7. The number of benzene rings is 1. The van der Waals surface area contributed by atoms with Gasteiger partial charge < -0.3 is 14.2 Å². The number of halogens is 3. The third-order valence-corrected chi connectivity index (χ3v) is 6.49. The van der Waals surface area contributed by atoms with E-state index in [4.69, 9.17) is 14.2 Å². The van der Waals surface area contributed by atoms with E-state index in [9.17, 15) is 22.8 Å². The zero-order valence-electron chi connectivity index (χ0n) is 22.7. The zero-order valence-corrected chi connectivity index (χ0v) is 22.7. The lowest BCUT2D eigenvalue weighted by atomic mass is 10.0. The van der Waals surface area contributed by atoms with E-state index in [-0.39, 0.29) is 23.7 Å². The first-order valence-corrected chi connectivity index (χ1v) is 12.5. The number of fused-ring (bicyclic) bond motifs is 1. The van der Waals surface area contributed by atoms with Crippen molar-refractivity contribution in [2.75, 3.05) is 20.8 Å². The fourth-order valence-electron chi connectivity index (χ4n) is 4.27. The highest BCUT2D eigenvalue weighted by molar-refractivity contribution is 6.02. The van der Waals surface area contributed by atoms with Crippen LogP contribution in [0.1, 0.15) is 44.0 Å². The summed E-state index contributed by atoms with van der Waals surface area (Å²) in [6.45, 7) is 5.46. The summed E-state index contributed by atoms with van der Waals surface area (Å²) >= 11 is 0. The van der Waals surface area contributed by atoms with Crippen LogP contribution in [0.4, 0.5) is 13.2 Å². The highest BCUT2D eigenvalue weighted by Gasteiger charge is 2.33. The number of Topliss-reactive ketones (excluding diaryl/α,β-unsaturated/α-hetero) is 1. The number of carbonyl (C=O) groups excluding carboxylic acids is 2. The Labute approximate surface area is 228 Å². The fraction of sp³-hybridized carbons (Fsp3) is 0.357. The van der Waals surface area contributed by atoms with Gasteiger partial charge in [-0.25, -0.2) is 9.78 Å². The molecule has 0 aliphatic carbocycles. The summed E-state index contributed by atoms with van der Waals surface area (Å²) in [6, 6.07) is 6.86. The number of ether oxygens (including phenoxy) is 3. The summed E-state index contributed by atoms with van der Waals surface area (Å²) in [5.74, 6) is -0.918. The normalized spacial score (nSPS) is 12.0. The number of pyridine rings is 1. The molecule has 3 aromatic heterocycles. The first-order chi connectivity index (χ1) is 18.9. The highest BCUT2D eigenvalue weighted by atomic mass is 19.4. The Morgan fingerprint density at radius 3 is 2.25 bits per heavy atom. The van der Waals surface area contributed by atoms with Gasteiger partial charge >= 0.3 is 12.1 Å². The van der Waals surface area contributed by atoms with E-state index in [0.717, 1.165) is 11.1 Å². The summed E-state index contributed by atoms with van der Waals surface area (Å²) in [6.07, 6.45) is 0.434. The van der Waals surface area contributed by atoms with E-state index < -0.39 is 36.3 Å². The molecule has 0 N–H and O–H groups in total. The number of alkyl halides is 3. The van der Waals surface area contributed by atoms with E-state index in [1.165, 1.54) is 14.2 Å². The summed E-state index contributed by atoms with van der Waals surface area (Å²) in [5.41, 5.74) is 2.39. The molecule has 12 heteroatoms. The molecule has 40 heavy (non-hydrogen) atoms. The van der Waals surface area contributed by atoms with E-state index >= 15 is 0 Å². The zero-order chi connectivity index (χ0) is 29.2. The topological polar surface area (TPSA) is 97.0 Å². The lowest BCUT2D eigenvalue weighted by Crippen LogP contribution is -2.37. The Kier molecular flexibility index (Phi) is 7.90. The number of aromatic nitrogens is 4. The Hall–Kier alpha value is -4.35. The molecule has 212 valence electrons. The van der Waals surface area contributed by atoms with E-state index in [1.807, 2.05) is 22.7 Å². The van der Waals surface area contributed by atoms with E-state index in [0.29, 0.717) is 16.9 Å². The third kappa shape index (κ3) is 5.65. The number of methoxy groups -OCH3 is 2. The number of carbonyl (C=O) groups is 2. The van der Waals surface area contributed by atoms with Crippen molar-refractivity contribution in [2.45, 2.75) is 45.3 Å². The maximum atomic E-state index is 12.7. The third-order valence-electron chi connectivity index (χ3n) is 6.49. The van der Waals surface area contributed by atoms with Gasteiger partial charge in [-0.3, -0.25) is 13.9 Å². The molecule has 0 spiro atoms. The second-order valence-electron chi connectivity index (χ2n) is 9.53. The van der Waals surface area contributed by atoms with Crippen molar-refractivity contribution in [3.05, 3.63) is 54.6 Å². The molecule has 0 amide bonds. The predicted molar refractivity (Wildman–Crippen MR) is 141 cm³/mol. The smallest absolute Gasteiger partial charge is 0.389 e. The first kappa shape index (κ1) is 28.7. The largest absolute Gasteiger partial charge is 0.496 e. The molecule has 0 saturated heterocycles. The van der Waals surface area contributed by atoms with Crippen LogP contribution in [-0.2, 0) is 15.1 Å². The molecule has 0 aliphatic rings. The molecule has 0 radical (unpaired) electrons. The number of hydrogen-bond donors (Lipinski definition) is 0. The standard InChI is InChI=1S/C28H29F3N4O5/c1-6-40-26(37)27(2,3)35-16-19(14-33-35)17-8-10-34-20(15-32-24(34)13-17)18-11-22(38-4)25(23(12-18)39-5)21(36)7-9-28(29,30)31/h8,10-16H,6-7,9H2,1-5H3. The van der Waals surface area contributed by atoms with Crippen LogP contribution in [0.5, 0.6) is 11.5 Å². The molecule has 0 atom stereocenters. The van der Waals surface area contributed by atoms with Gasteiger partial charge in [0.1, 0.15) is 22.7 Å².